The smallest absolute Gasteiger partial charge is 0.337 e. The zero-order chi connectivity index (χ0) is 12.3. The molecule has 0 rings (SSSR count). The van der Waals surface area contributed by atoms with E-state index in [-0.39, 0.29) is 5.41 Å². The van der Waals surface area contributed by atoms with Crippen LogP contribution in [0.4, 0.5) is 0 Å². The highest BCUT2D eigenvalue weighted by Gasteiger charge is 2.28. The number of aliphatic hydroxyl groups is 1. The van der Waals surface area contributed by atoms with Crippen molar-refractivity contribution < 1.29 is 14.6 Å². The van der Waals surface area contributed by atoms with Crippen molar-refractivity contribution in [3.8, 4) is 0 Å². The summed E-state index contributed by atoms with van der Waals surface area (Å²) in [7, 11) is 0. The molecule has 3 heteroatoms. The molecule has 0 aromatic heterocycles. The number of carbonyl (C=O) groups is 1. The minimum atomic E-state index is -1.39. The van der Waals surface area contributed by atoms with Gasteiger partial charge in [0.05, 0.1) is 6.61 Å². The van der Waals surface area contributed by atoms with Gasteiger partial charge >= 0.3 is 5.97 Å². The van der Waals surface area contributed by atoms with E-state index in [1.807, 2.05) is 0 Å². The molecule has 0 saturated carbocycles. The molecule has 1 N–H and O–H groups in total. The summed E-state index contributed by atoms with van der Waals surface area (Å²) in [5, 5.41) is 9.39. The highest BCUT2D eigenvalue weighted by atomic mass is 16.5. The topological polar surface area (TPSA) is 46.5 Å². The molecule has 15 heavy (non-hydrogen) atoms. The molecule has 0 aliphatic carbocycles. The maximum Gasteiger partial charge on any atom is 0.337 e. The maximum atomic E-state index is 11.3. The zero-order valence-corrected chi connectivity index (χ0v) is 10.8. The van der Waals surface area contributed by atoms with Crippen LogP contribution in [0.1, 0.15) is 48.0 Å². The summed E-state index contributed by atoms with van der Waals surface area (Å²) in [6.45, 7) is 11.6. The molecule has 90 valence electrons. The van der Waals surface area contributed by atoms with Crippen molar-refractivity contribution in [2.75, 3.05) is 6.61 Å². The van der Waals surface area contributed by atoms with E-state index < -0.39 is 11.6 Å². The largest absolute Gasteiger partial charge is 0.463 e. The average molecular weight is 216 g/mol. The lowest BCUT2D eigenvalue weighted by Gasteiger charge is -2.27. The normalized spacial score (nSPS) is 13.1. The molecule has 0 saturated heterocycles. The quantitative estimate of drug-likeness (QED) is 0.718. The summed E-state index contributed by atoms with van der Waals surface area (Å²) < 4.78 is 5.08. The molecular formula is C12H24O3. The monoisotopic (exact) mass is 216 g/mol. The standard InChI is InChI=1S/C12H24O3/c1-9(2)7-11(3,4)8-15-10(13)12(5,6)14/h9,14H,7-8H2,1-6H3. The van der Waals surface area contributed by atoms with E-state index in [1.54, 1.807) is 0 Å². The zero-order valence-electron chi connectivity index (χ0n) is 10.8. The van der Waals surface area contributed by atoms with E-state index >= 15 is 0 Å². The van der Waals surface area contributed by atoms with E-state index in [0.29, 0.717) is 12.5 Å². The number of hydrogen-bond donors (Lipinski definition) is 1. The van der Waals surface area contributed by atoms with Crippen LogP contribution in [-0.2, 0) is 9.53 Å². The first-order valence-electron chi connectivity index (χ1n) is 5.44. The van der Waals surface area contributed by atoms with Gasteiger partial charge in [-0.05, 0) is 31.6 Å². The molecule has 0 aromatic rings. The van der Waals surface area contributed by atoms with Gasteiger partial charge in [0, 0.05) is 0 Å². The summed E-state index contributed by atoms with van der Waals surface area (Å²) in [5.41, 5.74) is -1.43. The average Bonchev–Trinajstić information content (AvgIpc) is 1.95. The van der Waals surface area contributed by atoms with Crippen molar-refractivity contribution in [2.45, 2.75) is 53.6 Å². The molecule has 0 aromatic carbocycles. The fraction of sp³-hybridized carbons (Fsp3) is 0.917. The van der Waals surface area contributed by atoms with Crippen molar-refractivity contribution in [1.82, 2.24) is 0 Å². The molecule has 0 aliphatic heterocycles. The number of esters is 1. The Bertz CT molecular complexity index is 211. The van der Waals surface area contributed by atoms with Gasteiger partial charge in [-0.1, -0.05) is 27.7 Å². The van der Waals surface area contributed by atoms with Crippen molar-refractivity contribution in [3.05, 3.63) is 0 Å². The van der Waals surface area contributed by atoms with Crippen LogP contribution in [0, 0.1) is 11.3 Å². The summed E-state index contributed by atoms with van der Waals surface area (Å²) in [6.07, 6.45) is 0.992. The van der Waals surface area contributed by atoms with E-state index in [1.165, 1.54) is 13.8 Å². The summed E-state index contributed by atoms with van der Waals surface area (Å²) >= 11 is 0. The Labute approximate surface area is 92.8 Å². The van der Waals surface area contributed by atoms with Crippen LogP contribution in [0.25, 0.3) is 0 Å². The molecule has 0 aliphatic rings. The summed E-state index contributed by atoms with van der Waals surface area (Å²) in [5.74, 6) is 0.0140. The second kappa shape index (κ2) is 4.97. The highest BCUT2D eigenvalue weighted by molar-refractivity contribution is 5.78. The second-order valence-electron chi connectivity index (χ2n) is 5.90. The lowest BCUT2D eigenvalue weighted by Crippen LogP contribution is -2.35. The molecule has 0 heterocycles. The van der Waals surface area contributed by atoms with Crippen LogP contribution in [0.3, 0.4) is 0 Å². The molecule has 0 atom stereocenters. The Kier molecular flexibility index (Phi) is 4.78. The Hall–Kier alpha value is -0.570. The van der Waals surface area contributed by atoms with Crippen molar-refractivity contribution in [3.63, 3.8) is 0 Å². The van der Waals surface area contributed by atoms with Crippen LogP contribution < -0.4 is 0 Å². The van der Waals surface area contributed by atoms with Gasteiger partial charge in [0.25, 0.3) is 0 Å². The number of carbonyl (C=O) groups excluding carboxylic acids is 1. The minimum Gasteiger partial charge on any atom is -0.463 e. The fourth-order valence-electron chi connectivity index (χ4n) is 1.60. The molecule has 0 radical (unpaired) electrons. The van der Waals surface area contributed by atoms with E-state index in [2.05, 4.69) is 27.7 Å². The summed E-state index contributed by atoms with van der Waals surface area (Å²) in [6, 6.07) is 0. The SMILES string of the molecule is CC(C)CC(C)(C)COC(=O)C(C)(C)O. The van der Waals surface area contributed by atoms with Crippen LogP contribution in [-0.4, -0.2) is 23.3 Å². The molecule has 0 amide bonds. The van der Waals surface area contributed by atoms with Crippen molar-refractivity contribution in [1.29, 1.82) is 0 Å². The summed E-state index contributed by atoms with van der Waals surface area (Å²) in [4.78, 5) is 11.3. The fourth-order valence-corrected chi connectivity index (χ4v) is 1.60. The molecule has 0 spiro atoms. The van der Waals surface area contributed by atoms with Gasteiger partial charge < -0.3 is 9.84 Å². The van der Waals surface area contributed by atoms with Gasteiger partial charge in [-0.25, -0.2) is 4.79 Å². The van der Waals surface area contributed by atoms with Gasteiger partial charge in [-0.3, -0.25) is 0 Å². The predicted molar refractivity (Wildman–Crippen MR) is 60.5 cm³/mol. The third kappa shape index (κ3) is 6.50. The lowest BCUT2D eigenvalue weighted by atomic mass is 9.85. The van der Waals surface area contributed by atoms with E-state index in [9.17, 15) is 9.90 Å². The molecule has 0 unspecified atom stereocenters. The third-order valence-corrected chi connectivity index (χ3v) is 2.05. The molecule has 0 bridgehead atoms. The molecule has 3 nitrogen and oxygen atoms in total. The lowest BCUT2D eigenvalue weighted by molar-refractivity contribution is -0.165. The Balaban J connectivity index is 4.10. The first kappa shape index (κ1) is 14.4. The van der Waals surface area contributed by atoms with Crippen molar-refractivity contribution in [2.24, 2.45) is 11.3 Å². The number of ether oxygens (including phenoxy) is 1. The van der Waals surface area contributed by atoms with Crippen molar-refractivity contribution >= 4 is 5.97 Å². The Morgan fingerprint density at radius 1 is 1.27 bits per heavy atom. The molecular weight excluding hydrogens is 192 g/mol. The van der Waals surface area contributed by atoms with Crippen LogP contribution in [0.5, 0.6) is 0 Å². The van der Waals surface area contributed by atoms with Crippen LogP contribution in [0.2, 0.25) is 0 Å². The van der Waals surface area contributed by atoms with Gasteiger partial charge in [-0.15, -0.1) is 0 Å². The van der Waals surface area contributed by atoms with E-state index in [0.717, 1.165) is 6.42 Å². The number of rotatable bonds is 5. The Morgan fingerprint density at radius 3 is 2.07 bits per heavy atom. The van der Waals surface area contributed by atoms with Crippen LogP contribution in [0.15, 0.2) is 0 Å². The maximum absolute atomic E-state index is 11.3. The van der Waals surface area contributed by atoms with Gasteiger partial charge in [0.15, 0.2) is 5.60 Å². The Morgan fingerprint density at radius 2 is 1.73 bits per heavy atom. The number of hydrogen-bond acceptors (Lipinski definition) is 3. The first-order valence-corrected chi connectivity index (χ1v) is 5.44. The predicted octanol–water partition coefficient (Wildman–Crippen LogP) is 2.37. The minimum absolute atomic E-state index is 0.0327. The van der Waals surface area contributed by atoms with Crippen LogP contribution >= 0.6 is 0 Å². The van der Waals surface area contributed by atoms with E-state index in [4.69, 9.17) is 4.74 Å². The van der Waals surface area contributed by atoms with Gasteiger partial charge in [0.2, 0.25) is 0 Å². The molecule has 0 fully saturated rings. The second-order valence-corrected chi connectivity index (χ2v) is 5.90. The third-order valence-electron chi connectivity index (χ3n) is 2.05. The first-order chi connectivity index (χ1) is 6.54. The highest BCUT2D eigenvalue weighted by Crippen LogP contribution is 2.25. The van der Waals surface area contributed by atoms with Gasteiger partial charge in [-0.2, -0.15) is 0 Å². The van der Waals surface area contributed by atoms with Gasteiger partial charge in [0.1, 0.15) is 0 Å².